The molecule has 3 N–H and O–H groups in total. The average molecular weight is 293 g/mol. The van der Waals surface area contributed by atoms with Gasteiger partial charge in [-0.1, -0.05) is 0 Å². The third-order valence-corrected chi connectivity index (χ3v) is 2.82. The molecule has 0 fully saturated rings. The maximum Gasteiger partial charge on any atom is 0.320 e. The van der Waals surface area contributed by atoms with E-state index < -0.39 is 23.6 Å². The van der Waals surface area contributed by atoms with E-state index in [0.717, 1.165) is 0 Å². The number of hydrogen-bond donors (Lipinski definition) is 2. The Hall–Kier alpha value is -2.47. The summed E-state index contributed by atoms with van der Waals surface area (Å²) in [6.45, 7) is 0. The molecule has 2 aromatic rings. The quantitative estimate of drug-likeness (QED) is 0.889. The first-order valence-electron chi connectivity index (χ1n) is 6.16. The molecule has 0 aliphatic heterocycles. The molecule has 0 aliphatic rings. The number of aliphatic carboxylic acids is 1. The van der Waals surface area contributed by atoms with Crippen LogP contribution in [0.2, 0.25) is 0 Å². The van der Waals surface area contributed by atoms with E-state index in [4.69, 9.17) is 15.6 Å². The Labute approximate surface area is 119 Å². The van der Waals surface area contributed by atoms with Crippen LogP contribution in [0.1, 0.15) is 5.56 Å². The van der Waals surface area contributed by atoms with Crippen LogP contribution in [-0.2, 0) is 11.2 Å². The number of carboxylic acids is 1. The fraction of sp³-hybridized carbons (Fsp3) is 0.133. The Morgan fingerprint density at radius 2 is 1.76 bits per heavy atom. The van der Waals surface area contributed by atoms with Gasteiger partial charge in [-0.05, 0) is 48.0 Å². The van der Waals surface area contributed by atoms with Crippen molar-refractivity contribution < 1.29 is 23.4 Å². The van der Waals surface area contributed by atoms with Gasteiger partial charge in [0.1, 0.15) is 29.2 Å². The molecule has 0 bridgehead atoms. The molecule has 0 spiro atoms. The molecule has 0 aliphatic carbocycles. The van der Waals surface area contributed by atoms with Crippen LogP contribution < -0.4 is 10.5 Å². The molecular weight excluding hydrogens is 280 g/mol. The highest BCUT2D eigenvalue weighted by molar-refractivity contribution is 5.73. The number of halogens is 2. The lowest BCUT2D eigenvalue weighted by Crippen LogP contribution is -2.32. The zero-order valence-electron chi connectivity index (χ0n) is 10.9. The van der Waals surface area contributed by atoms with Crippen molar-refractivity contribution in [1.82, 2.24) is 0 Å². The van der Waals surface area contributed by atoms with E-state index in [2.05, 4.69) is 0 Å². The van der Waals surface area contributed by atoms with Gasteiger partial charge in [0.25, 0.3) is 0 Å². The summed E-state index contributed by atoms with van der Waals surface area (Å²) in [6, 6.07) is 7.85. The second-order valence-corrected chi connectivity index (χ2v) is 4.46. The number of carboxylic acid groups (broad SMARTS) is 1. The standard InChI is InChI=1S/C15H13F2NO3/c16-10-1-4-12(5-2-10)21-14-6-3-11(17)7-9(14)8-13(18)15(19)20/h1-7,13H,8,18H2,(H,19,20). The van der Waals surface area contributed by atoms with Gasteiger partial charge in [-0.2, -0.15) is 0 Å². The minimum absolute atomic E-state index is 0.0797. The van der Waals surface area contributed by atoms with Crippen molar-refractivity contribution in [2.24, 2.45) is 5.73 Å². The summed E-state index contributed by atoms with van der Waals surface area (Å²) in [5.74, 6) is -1.48. The lowest BCUT2D eigenvalue weighted by molar-refractivity contribution is -0.138. The summed E-state index contributed by atoms with van der Waals surface area (Å²) in [6.07, 6.45) is -0.0797. The maximum absolute atomic E-state index is 13.3. The molecule has 110 valence electrons. The molecule has 0 saturated carbocycles. The minimum Gasteiger partial charge on any atom is -0.480 e. The summed E-state index contributed by atoms with van der Waals surface area (Å²) < 4.78 is 31.6. The second kappa shape index (κ2) is 6.32. The number of benzene rings is 2. The lowest BCUT2D eigenvalue weighted by Gasteiger charge is -2.13. The Morgan fingerprint density at radius 1 is 1.14 bits per heavy atom. The van der Waals surface area contributed by atoms with Crippen LogP contribution in [0.4, 0.5) is 8.78 Å². The third kappa shape index (κ3) is 4.00. The smallest absolute Gasteiger partial charge is 0.320 e. The van der Waals surface area contributed by atoms with Crippen LogP contribution in [0, 0.1) is 11.6 Å². The molecular formula is C15H13F2NO3. The van der Waals surface area contributed by atoms with Crippen molar-refractivity contribution in [1.29, 1.82) is 0 Å². The van der Waals surface area contributed by atoms with Crippen LogP contribution in [0.25, 0.3) is 0 Å². The minimum atomic E-state index is -1.19. The van der Waals surface area contributed by atoms with E-state index in [1.165, 1.54) is 42.5 Å². The summed E-state index contributed by atoms with van der Waals surface area (Å²) in [5, 5.41) is 8.82. The van der Waals surface area contributed by atoms with E-state index in [1.807, 2.05) is 0 Å². The Kier molecular flexibility index (Phi) is 4.49. The fourth-order valence-corrected chi connectivity index (χ4v) is 1.76. The maximum atomic E-state index is 13.3. The van der Waals surface area contributed by atoms with Gasteiger partial charge >= 0.3 is 5.97 Å². The van der Waals surface area contributed by atoms with Crippen molar-refractivity contribution >= 4 is 5.97 Å². The van der Waals surface area contributed by atoms with E-state index in [-0.39, 0.29) is 12.2 Å². The monoisotopic (exact) mass is 293 g/mol. The molecule has 2 rings (SSSR count). The van der Waals surface area contributed by atoms with Gasteiger partial charge in [-0.25, -0.2) is 8.78 Å². The first-order chi connectivity index (χ1) is 9.95. The molecule has 4 nitrogen and oxygen atoms in total. The zero-order valence-corrected chi connectivity index (χ0v) is 10.9. The molecule has 1 atom stereocenters. The highest BCUT2D eigenvalue weighted by Gasteiger charge is 2.16. The zero-order chi connectivity index (χ0) is 15.4. The summed E-state index contributed by atoms with van der Waals surface area (Å²) in [7, 11) is 0. The molecule has 21 heavy (non-hydrogen) atoms. The SMILES string of the molecule is NC(Cc1cc(F)ccc1Oc1ccc(F)cc1)C(=O)O. The first kappa shape index (κ1) is 14.9. The number of rotatable bonds is 5. The summed E-state index contributed by atoms with van der Waals surface area (Å²) >= 11 is 0. The van der Waals surface area contributed by atoms with Gasteiger partial charge in [0.05, 0.1) is 0 Å². The Bertz CT molecular complexity index is 644. The van der Waals surface area contributed by atoms with Gasteiger partial charge in [0.15, 0.2) is 0 Å². The predicted molar refractivity (Wildman–Crippen MR) is 72.2 cm³/mol. The Morgan fingerprint density at radius 3 is 2.38 bits per heavy atom. The molecule has 2 aromatic carbocycles. The van der Waals surface area contributed by atoms with Crippen molar-refractivity contribution in [3.05, 3.63) is 59.7 Å². The van der Waals surface area contributed by atoms with Crippen LogP contribution in [-0.4, -0.2) is 17.1 Å². The van der Waals surface area contributed by atoms with Crippen LogP contribution in [0.15, 0.2) is 42.5 Å². The van der Waals surface area contributed by atoms with Crippen LogP contribution in [0.5, 0.6) is 11.5 Å². The fourth-order valence-electron chi connectivity index (χ4n) is 1.76. The van der Waals surface area contributed by atoms with E-state index in [9.17, 15) is 13.6 Å². The third-order valence-electron chi connectivity index (χ3n) is 2.82. The van der Waals surface area contributed by atoms with E-state index in [0.29, 0.717) is 11.3 Å². The predicted octanol–water partition coefficient (Wildman–Crippen LogP) is 2.71. The molecule has 1 unspecified atom stereocenters. The van der Waals surface area contributed by atoms with Gasteiger partial charge in [0, 0.05) is 6.42 Å². The second-order valence-electron chi connectivity index (χ2n) is 4.46. The summed E-state index contributed by atoms with van der Waals surface area (Å²) in [5.41, 5.74) is 5.78. The molecule has 0 radical (unpaired) electrons. The number of carbonyl (C=O) groups is 1. The van der Waals surface area contributed by atoms with Crippen LogP contribution >= 0.6 is 0 Å². The Balaban J connectivity index is 2.26. The molecule has 0 saturated heterocycles. The highest BCUT2D eigenvalue weighted by Crippen LogP contribution is 2.27. The highest BCUT2D eigenvalue weighted by atomic mass is 19.1. The van der Waals surface area contributed by atoms with Crippen molar-refractivity contribution in [3.63, 3.8) is 0 Å². The van der Waals surface area contributed by atoms with Crippen molar-refractivity contribution in [3.8, 4) is 11.5 Å². The van der Waals surface area contributed by atoms with Gasteiger partial charge in [-0.15, -0.1) is 0 Å². The van der Waals surface area contributed by atoms with Gasteiger partial charge in [0.2, 0.25) is 0 Å². The van der Waals surface area contributed by atoms with Gasteiger partial charge < -0.3 is 15.6 Å². The van der Waals surface area contributed by atoms with E-state index >= 15 is 0 Å². The molecule has 0 heterocycles. The van der Waals surface area contributed by atoms with E-state index in [1.54, 1.807) is 0 Å². The number of ether oxygens (including phenoxy) is 1. The van der Waals surface area contributed by atoms with Crippen molar-refractivity contribution in [2.75, 3.05) is 0 Å². The van der Waals surface area contributed by atoms with Gasteiger partial charge in [-0.3, -0.25) is 4.79 Å². The molecule has 6 heteroatoms. The number of hydrogen-bond acceptors (Lipinski definition) is 3. The number of nitrogens with two attached hydrogens (primary N) is 1. The topological polar surface area (TPSA) is 72.5 Å². The lowest BCUT2D eigenvalue weighted by atomic mass is 10.1. The average Bonchev–Trinajstić information content (AvgIpc) is 2.44. The normalized spacial score (nSPS) is 12.0. The molecule has 0 aromatic heterocycles. The summed E-state index contributed by atoms with van der Waals surface area (Å²) in [4.78, 5) is 10.8. The van der Waals surface area contributed by atoms with Crippen molar-refractivity contribution in [2.45, 2.75) is 12.5 Å². The molecule has 0 amide bonds. The largest absolute Gasteiger partial charge is 0.480 e. The van der Waals surface area contributed by atoms with Crippen LogP contribution in [0.3, 0.4) is 0 Å². The first-order valence-corrected chi connectivity index (χ1v) is 6.16.